The van der Waals surface area contributed by atoms with Crippen molar-refractivity contribution in [3.05, 3.63) is 29.8 Å². The molecule has 17 heavy (non-hydrogen) atoms. The minimum absolute atomic E-state index is 0.0750. The first-order valence-electron chi connectivity index (χ1n) is 6.32. The Labute approximate surface area is 103 Å². The van der Waals surface area contributed by atoms with Gasteiger partial charge in [0.05, 0.1) is 13.2 Å². The van der Waals surface area contributed by atoms with Gasteiger partial charge in [0.1, 0.15) is 5.75 Å². The van der Waals surface area contributed by atoms with Crippen LogP contribution in [0.1, 0.15) is 31.2 Å². The van der Waals surface area contributed by atoms with Gasteiger partial charge in [-0.15, -0.1) is 0 Å². The Bertz CT molecular complexity index is 329. The second-order valence-corrected chi connectivity index (χ2v) is 4.73. The first kappa shape index (κ1) is 12.4. The van der Waals surface area contributed by atoms with Gasteiger partial charge in [-0.25, -0.2) is 0 Å². The van der Waals surface area contributed by atoms with Crippen LogP contribution >= 0.6 is 0 Å². The highest BCUT2D eigenvalue weighted by molar-refractivity contribution is 5.27. The molecule has 1 fully saturated rings. The summed E-state index contributed by atoms with van der Waals surface area (Å²) in [6.07, 6.45) is 3.95. The van der Waals surface area contributed by atoms with Crippen LogP contribution in [0.15, 0.2) is 24.3 Å². The molecular weight excluding hydrogens is 214 g/mol. The predicted molar refractivity (Wildman–Crippen MR) is 68.1 cm³/mol. The number of aliphatic hydroxyl groups is 1. The fourth-order valence-electron chi connectivity index (χ4n) is 2.29. The summed E-state index contributed by atoms with van der Waals surface area (Å²) in [4.78, 5) is 0. The zero-order valence-corrected chi connectivity index (χ0v) is 10.4. The maximum Gasteiger partial charge on any atom is 0.118 e. The molecule has 1 aliphatic rings. The van der Waals surface area contributed by atoms with E-state index in [1.807, 2.05) is 12.1 Å². The zero-order valence-electron chi connectivity index (χ0n) is 10.4. The van der Waals surface area contributed by atoms with Gasteiger partial charge in [-0.3, -0.25) is 0 Å². The van der Waals surface area contributed by atoms with Crippen LogP contribution < -0.4 is 10.1 Å². The first-order chi connectivity index (χ1) is 8.28. The Kier molecular flexibility index (Phi) is 4.40. The Morgan fingerprint density at radius 1 is 1.18 bits per heavy atom. The van der Waals surface area contributed by atoms with Crippen LogP contribution in [-0.2, 0) is 6.54 Å². The number of benzene rings is 1. The lowest BCUT2D eigenvalue weighted by molar-refractivity contribution is 0.116. The molecule has 0 radical (unpaired) electrons. The molecule has 94 valence electrons. The molecule has 3 nitrogen and oxygen atoms in total. The van der Waals surface area contributed by atoms with Crippen molar-refractivity contribution in [2.24, 2.45) is 0 Å². The SMILES string of the molecule is COc1ccc(CNC2CCC(O)CC2)cc1. The van der Waals surface area contributed by atoms with Crippen molar-refractivity contribution in [3.8, 4) is 5.75 Å². The van der Waals surface area contributed by atoms with E-state index in [1.54, 1.807) is 7.11 Å². The first-order valence-corrected chi connectivity index (χ1v) is 6.32. The van der Waals surface area contributed by atoms with Crippen molar-refractivity contribution in [1.29, 1.82) is 0 Å². The molecule has 0 atom stereocenters. The number of hydrogen-bond donors (Lipinski definition) is 2. The number of rotatable bonds is 4. The molecule has 0 heterocycles. The Morgan fingerprint density at radius 2 is 1.82 bits per heavy atom. The van der Waals surface area contributed by atoms with Gasteiger partial charge in [-0.1, -0.05) is 12.1 Å². The highest BCUT2D eigenvalue weighted by atomic mass is 16.5. The normalized spacial score (nSPS) is 24.6. The average Bonchev–Trinajstić information content (AvgIpc) is 2.39. The third-order valence-corrected chi connectivity index (χ3v) is 3.45. The van der Waals surface area contributed by atoms with Crippen LogP contribution in [-0.4, -0.2) is 24.4 Å². The minimum atomic E-state index is -0.0750. The van der Waals surface area contributed by atoms with Crippen molar-refractivity contribution in [1.82, 2.24) is 5.32 Å². The van der Waals surface area contributed by atoms with E-state index in [4.69, 9.17) is 4.74 Å². The van der Waals surface area contributed by atoms with Crippen molar-refractivity contribution < 1.29 is 9.84 Å². The molecule has 3 heteroatoms. The third-order valence-electron chi connectivity index (χ3n) is 3.45. The van der Waals surface area contributed by atoms with Crippen LogP contribution in [0.5, 0.6) is 5.75 Å². The lowest BCUT2D eigenvalue weighted by Gasteiger charge is -2.26. The fourth-order valence-corrected chi connectivity index (χ4v) is 2.29. The summed E-state index contributed by atoms with van der Waals surface area (Å²) in [5.41, 5.74) is 1.27. The van der Waals surface area contributed by atoms with E-state index in [1.165, 1.54) is 5.56 Å². The molecule has 1 aliphatic carbocycles. The van der Waals surface area contributed by atoms with Gasteiger partial charge < -0.3 is 15.2 Å². The summed E-state index contributed by atoms with van der Waals surface area (Å²) in [6, 6.07) is 8.71. The van der Waals surface area contributed by atoms with Crippen molar-refractivity contribution in [2.75, 3.05) is 7.11 Å². The van der Waals surface area contributed by atoms with Gasteiger partial charge in [0.2, 0.25) is 0 Å². The molecular formula is C14H21NO2. The van der Waals surface area contributed by atoms with E-state index >= 15 is 0 Å². The van der Waals surface area contributed by atoms with Gasteiger partial charge in [0.25, 0.3) is 0 Å². The van der Waals surface area contributed by atoms with E-state index in [2.05, 4.69) is 17.4 Å². The molecule has 0 unspecified atom stereocenters. The minimum Gasteiger partial charge on any atom is -0.497 e. The van der Waals surface area contributed by atoms with Gasteiger partial charge in [0.15, 0.2) is 0 Å². The van der Waals surface area contributed by atoms with Gasteiger partial charge in [-0.2, -0.15) is 0 Å². The second kappa shape index (κ2) is 6.03. The number of hydrogen-bond acceptors (Lipinski definition) is 3. The third kappa shape index (κ3) is 3.72. The van der Waals surface area contributed by atoms with Crippen LogP contribution in [0.2, 0.25) is 0 Å². The molecule has 1 aromatic rings. The van der Waals surface area contributed by atoms with E-state index in [-0.39, 0.29) is 6.10 Å². The standard InChI is InChI=1S/C14H21NO2/c1-17-14-8-2-11(3-9-14)10-15-12-4-6-13(16)7-5-12/h2-3,8-9,12-13,15-16H,4-7,10H2,1H3. The highest BCUT2D eigenvalue weighted by Crippen LogP contribution is 2.19. The number of ether oxygens (including phenoxy) is 1. The largest absolute Gasteiger partial charge is 0.497 e. The van der Waals surface area contributed by atoms with Gasteiger partial charge in [-0.05, 0) is 43.4 Å². The molecule has 0 bridgehead atoms. The van der Waals surface area contributed by atoms with E-state index in [0.29, 0.717) is 6.04 Å². The molecule has 0 saturated heterocycles. The zero-order chi connectivity index (χ0) is 12.1. The maximum atomic E-state index is 9.43. The summed E-state index contributed by atoms with van der Waals surface area (Å²) in [7, 11) is 1.68. The molecule has 1 aromatic carbocycles. The summed E-state index contributed by atoms with van der Waals surface area (Å²) in [6.45, 7) is 0.894. The van der Waals surface area contributed by atoms with Gasteiger partial charge in [0, 0.05) is 12.6 Å². The van der Waals surface area contributed by atoms with Crippen LogP contribution in [0.25, 0.3) is 0 Å². The average molecular weight is 235 g/mol. The summed E-state index contributed by atoms with van der Waals surface area (Å²) in [5, 5.41) is 13.0. The highest BCUT2D eigenvalue weighted by Gasteiger charge is 2.18. The van der Waals surface area contributed by atoms with Crippen molar-refractivity contribution >= 4 is 0 Å². The maximum absolute atomic E-state index is 9.43. The monoisotopic (exact) mass is 235 g/mol. The van der Waals surface area contributed by atoms with E-state index in [0.717, 1.165) is 38.0 Å². The Morgan fingerprint density at radius 3 is 2.41 bits per heavy atom. The van der Waals surface area contributed by atoms with E-state index in [9.17, 15) is 5.11 Å². The molecule has 0 amide bonds. The quantitative estimate of drug-likeness (QED) is 0.839. The Balaban J connectivity index is 1.77. The summed E-state index contributed by atoms with van der Waals surface area (Å²) in [5.74, 6) is 0.898. The lowest BCUT2D eigenvalue weighted by Crippen LogP contribution is -2.34. The molecule has 0 spiro atoms. The van der Waals surface area contributed by atoms with Gasteiger partial charge >= 0.3 is 0 Å². The number of aliphatic hydroxyl groups excluding tert-OH is 1. The van der Waals surface area contributed by atoms with Crippen LogP contribution in [0.3, 0.4) is 0 Å². The van der Waals surface area contributed by atoms with Crippen molar-refractivity contribution in [2.45, 2.75) is 44.4 Å². The number of nitrogens with one attached hydrogen (secondary N) is 1. The van der Waals surface area contributed by atoms with Crippen molar-refractivity contribution in [3.63, 3.8) is 0 Å². The Hall–Kier alpha value is -1.06. The van der Waals surface area contributed by atoms with Crippen LogP contribution in [0.4, 0.5) is 0 Å². The molecule has 0 aliphatic heterocycles. The summed E-state index contributed by atoms with van der Waals surface area (Å²) < 4.78 is 5.13. The predicted octanol–water partition coefficient (Wildman–Crippen LogP) is 2.09. The van der Waals surface area contributed by atoms with E-state index < -0.39 is 0 Å². The fraction of sp³-hybridized carbons (Fsp3) is 0.571. The topological polar surface area (TPSA) is 41.5 Å². The number of methoxy groups -OCH3 is 1. The molecule has 2 N–H and O–H groups in total. The lowest BCUT2D eigenvalue weighted by atomic mass is 9.93. The molecule has 2 rings (SSSR count). The molecule has 0 aromatic heterocycles. The molecule has 1 saturated carbocycles. The summed E-state index contributed by atoms with van der Waals surface area (Å²) >= 11 is 0. The van der Waals surface area contributed by atoms with Crippen LogP contribution in [0, 0.1) is 0 Å². The second-order valence-electron chi connectivity index (χ2n) is 4.73. The smallest absolute Gasteiger partial charge is 0.118 e.